The van der Waals surface area contributed by atoms with Gasteiger partial charge in [-0.15, -0.1) is 0 Å². The predicted molar refractivity (Wildman–Crippen MR) is 146 cm³/mol. The van der Waals surface area contributed by atoms with Gasteiger partial charge in [-0.1, -0.05) is 46.3 Å². The van der Waals surface area contributed by atoms with Crippen molar-refractivity contribution < 1.29 is 29.2 Å². The van der Waals surface area contributed by atoms with Gasteiger partial charge in [-0.25, -0.2) is 0 Å². The van der Waals surface area contributed by atoms with Gasteiger partial charge >= 0.3 is 0 Å². The van der Waals surface area contributed by atoms with E-state index in [2.05, 4.69) is 40.7 Å². The molecule has 0 bridgehead atoms. The first-order chi connectivity index (χ1) is 17.6. The molecule has 11 atom stereocenters. The second-order valence-corrected chi connectivity index (χ2v) is 15.1. The number of ketones is 1. The third kappa shape index (κ3) is 3.72. The smallest absolute Gasteiger partial charge is 0.160 e. The SMILES string of the molecule is CO[C@@H]1O[C@@H]([C@@H](O)C(C)(C)OC)C[C@H]1[C@@H]1CC=C2[C@]3(C)[C@H](O)C[C@H]4C(C)(C)C(=O)CC[C@]4(C)[C@H]3CC[C@]21C. The van der Waals surface area contributed by atoms with Gasteiger partial charge < -0.3 is 24.4 Å². The summed E-state index contributed by atoms with van der Waals surface area (Å²) in [5, 5.41) is 23.0. The van der Waals surface area contributed by atoms with Gasteiger partial charge in [0.1, 0.15) is 11.9 Å². The molecular weight excluding hydrogens is 480 g/mol. The van der Waals surface area contributed by atoms with E-state index in [4.69, 9.17) is 14.2 Å². The molecule has 4 aliphatic carbocycles. The van der Waals surface area contributed by atoms with E-state index in [9.17, 15) is 15.0 Å². The van der Waals surface area contributed by atoms with Crippen LogP contribution in [0, 0.1) is 45.3 Å². The van der Waals surface area contributed by atoms with Gasteiger partial charge in [0.25, 0.3) is 0 Å². The summed E-state index contributed by atoms with van der Waals surface area (Å²) in [6.45, 7) is 15.2. The Labute approximate surface area is 229 Å². The fourth-order valence-electron chi connectivity index (χ4n) is 10.5. The molecule has 3 saturated carbocycles. The first kappa shape index (κ1) is 28.7. The lowest BCUT2D eigenvalue weighted by Gasteiger charge is -2.67. The minimum absolute atomic E-state index is 0.0398. The number of methoxy groups -OCH3 is 2. The summed E-state index contributed by atoms with van der Waals surface area (Å²) in [7, 11) is 3.33. The zero-order valence-electron chi connectivity index (χ0n) is 25.2. The van der Waals surface area contributed by atoms with Crippen LogP contribution in [-0.2, 0) is 19.0 Å². The van der Waals surface area contributed by atoms with E-state index in [1.54, 1.807) is 14.2 Å². The van der Waals surface area contributed by atoms with Crippen molar-refractivity contribution in [3.05, 3.63) is 11.6 Å². The van der Waals surface area contributed by atoms with Crippen LogP contribution in [0.25, 0.3) is 0 Å². The van der Waals surface area contributed by atoms with E-state index in [0.29, 0.717) is 30.5 Å². The van der Waals surface area contributed by atoms with Crippen LogP contribution in [-0.4, -0.2) is 60.4 Å². The van der Waals surface area contributed by atoms with E-state index < -0.39 is 17.8 Å². The van der Waals surface area contributed by atoms with Gasteiger partial charge in [0, 0.05) is 37.4 Å². The standard InChI is InChI=1S/C32H52O6/c1-28(2)23-17-25(34)32(7)21-11-10-19(18-16-20(38-27(18)36-8)26(35)29(3,4)37-9)30(21,5)14-12-22(32)31(23,6)15-13-24(28)33/h11,18-20,22-23,25-27,34-35H,10,12-17H2,1-9H3/t18-,19-,20+,22+,23-,25+,26+,27+,30-,31+,32-/m0/s1. The zero-order valence-corrected chi connectivity index (χ0v) is 25.2. The number of carbonyl (C=O) groups excluding carboxylic acids is 1. The van der Waals surface area contributed by atoms with Crippen LogP contribution >= 0.6 is 0 Å². The van der Waals surface area contributed by atoms with Gasteiger partial charge in [-0.2, -0.15) is 0 Å². The van der Waals surface area contributed by atoms with Crippen LogP contribution in [0.3, 0.4) is 0 Å². The summed E-state index contributed by atoms with van der Waals surface area (Å²) < 4.78 is 17.8. The summed E-state index contributed by atoms with van der Waals surface area (Å²) in [5.74, 6) is 1.40. The Morgan fingerprint density at radius 1 is 1.08 bits per heavy atom. The highest BCUT2D eigenvalue weighted by molar-refractivity contribution is 5.85. The van der Waals surface area contributed by atoms with E-state index in [1.807, 2.05) is 13.8 Å². The number of Topliss-reactive ketones (excluding diaryl/α,β-unsaturated/α-hetero) is 1. The Kier molecular flexibility index (Phi) is 6.88. The summed E-state index contributed by atoms with van der Waals surface area (Å²) in [4.78, 5) is 13.0. The first-order valence-corrected chi connectivity index (χ1v) is 14.9. The van der Waals surface area contributed by atoms with Crippen LogP contribution in [0.15, 0.2) is 11.6 Å². The minimum Gasteiger partial charge on any atom is -0.392 e. The summed E-state index contributed by atoms with van der Waals surface area (Å²) >= 11 is 0. The normalized spacial score (nSPS) is 49.2. The zero-order chi connectivity index (χ0) is 28.1. The molecule has 6 heteroatoms. The summed E-state index contributed by atoms with van der Waals surface area (Å²) in [6, 6.07) is 0. The number of aliphatic hydroxyl groups excluding tert-OH is 2. The highest BCUT2D eigenvalue weighted by Gasteiger charge is 2.69. The number of aliphatic hydroxyl groups is 2. The molecule has 1 heterocycles. The third-order valence-corrected chi connectivity index (χ3v) is 13.0. The summed E-state index contributed by atoms with van der Waals surface area (Å²) in [6.07, 6.45) is 6.58. The molecule has 0 aromatic heterocycles. The highest BCUT2D eigenvalue weighted by Crippen LogP contribution is 2.73. The molecule has 6 nitrogen and oxygen atoms in total. The van der Waals surface area contributed by atoms with Crippen molar-refractivity contribution in [2.75, 3.05) is 14.2 Å². The van der Waals surface area contributed by atoms with Gasteiger partial charge in [0.2, 0.25) is 0 Å². The van der Waals surface area contributed by atoms with E-state index in [0.717, 1.165) is 32.1 Å². The van der Waals surface area contributed by atoms with E-state index in [1.165, 1.54) is 5.57 Å². The molecule has 0 amide bonds. The lowest BCUT2D eigenvalue weighted by atomic mass is 9.37. The van der Waals surface area contributed by atoms with Crippen molar-refractivity contribution in [1.29, 1.82) is 0 Å². The Hall–Kier alpha value is -0.790. The maximum atomic E-state index is 13.0. The number of rotatable bonds is 5. The Morgan fingerprint density at radius 3 is 2.39 bits per heavy atom. The van der Waals surface area contributed by atoms with Gasteiger partial charge in [-0.05, 0) is 81.0 Å². The molecule has 1 aliphatic heterocycles. The van der Waals surface area contributed by atoms with Gasteiger partial charge in [-0.3, -0.25) is 4.79 Å². The van der Waals surface area contributed by atoms with Crippen LogP contribution in [0.5, 0.6) is 0 Å². The minimum atomic E-state index is -0.751. The lowest BCUT2D eigenvalue weighted by Crippen LogP contribution is -2.65. The maximum absolute atomic E-state index is 13.0. The monoisotopic (exact) mass is 532 g/mol. The van der Waals surface area contributed by atoms with Crippen LogP contribution in [0.4, 0.5) is 0 Å². The Morgan fingerprint density at radius 2 is 1.76 bits per heavy atom. The molecule has 4 fully saturated rings. The molecule has 216 valence electrons. The molecule has 2 N–H and O–H groups in total. The van der Waals surface area contributed by atoms with Crippen molar-refractivity contribution in [3.8, 4) is 0 Å². The highest BCUT2D eigenvalue weighted by atomic mass is 16.7. The van der Waals surface area contributed by atoms with Crippen molar-refractivity contribution in [1.82, 2.24) is 0 Å². The lowest BCUT2D eigenvalue weighted by molar-refractivity contribution is -0.197. The molecule has 0 spiro atoms. The number of allylic oxidation sites excluding steroid dienone is 1. The van der Waals surface area contributed by atoms with Crippen molar-refractivity contribution in [2.45, 2.75) is 124 Å². The van der Waals surface area contributed by atoms with E-state index >= 15 is 0 Å². The average molecular weight is 533 g/mol. The average Bonchev–Trinajstić information content (AvgIpc) is 3.44. The molecule has 0 aromatic rings. The molecule has 0 radical (unpaired) electrons. The molecule has 1 saturated heterocycles. The van der Waals surface area contributed by atoms with Crippen LogP contribution in [0.2, 0.25) is 0 Å². The molecule has 0 aromatic carbocycles. The maximum Gasteiger partial charge on any atom is 0.160 e. The van der Waals surface area contributed by atoms with E-state index in [-0.39, 0.29) is 45.9 Å². The predicted octanol–water partition coefficient (Wildman–Crippen LogP) is 5.30. The molecule has 5 rings (SSSR count). The number of ether oxygens (including phenoxy) is 3. The largest absolute Gasteiger partial charge is 0.392 e. The quantitative estimate of drug-likeness (QED) is 0.468. The fourth-order valence-corrected chi connectivity index (χ4v) is 10.5. The summed E-state index contributed by atoms with van der Waals surface area (Å²) in [5.41, 5.74) is 0.00241. The first-order valence-electron chi connectivity index (χ1n) is 14.9. The van der Waals surface area contributed by atoms with Crippen molar-refractivity contribution >= 4 is 5.78 Å². The van der Waals surface area contributed by atoms with Crippen LogP contribution in [0.1, 0.15) is 93.4 Å². The fraction of sp³-hybridized carbons (Fsp3) is 0.906. The van der Waals surface area contributed by atoms with Crippen LogP contribution < -0.4 is 0 Å². The topological polar surface area (TPSA) is 85.2 Å². The van der Waals surface area contributed by atoms with Gasteiger partial charge in [0.15, 0.2) is 6.29 Å². The Balaban J connectivity index is 1.45. The number of fused-ring (bicyclic) bond motifs is 5. The Bertz CT molecular complexity index is 986. The number of hydrogen-bond donors (Lipinski definition) is 2. The number of hydrogen-bond acceptors (Lipinski definition) is 6. The number of carbonyl (C=O) groups is 1. The van der Waals surface area contributed by atoms with Crippen molar-refractivity contribution in [2.24, 2.45) is 45.3 Å². The third-order valence-electron chi connectivity index (χ3n) is 13.0. The second kappa shape index (κ2) is 9.11. The molecule has 5 aliphatic rings. The van der Waals surface area contributed by atoms with Crippen molar-refractivity contribution in [3.63, 3.8) is 0 Å². The molecular formula is C32H52O6. The second-order valence-electron chi connectivity index (χ2n) is 15.1. The molecule has 0 unspecified atom stereocenters. The molecule has 38 heavy (non-hydrogen) atoms. The van der Waals surface area contributed by atoms with Gasteiger partial charge in [0.05, 0.1) is 17.8 Å².